The van der Waals surface area contributed by atoms with E-state index in [0.29, 0.717) is 25.2 Å². The molecule has 0 saturated carbocycles. The Morgan fingerprint density at radius 1 is 1.75 bits per heavy atom. The van der Waals surface area contributed by atoms with E-state index in [1.54, 1.807) is 10.9 Å². The van der Waals surface area contributed by atoms with Gasteiger partial charge in [-0.3, -0.25) is 9.48 Å². The highest BCUT2D eigenvalue weighted by atomic mass is 16.3. The average molecular weight is 227 g/mol. The number of nitrogens with two attached hydrogens (primary N) is 1. The normalized spacial score (nSPS) is 12.6. The highest BCUT2D eigenvalue weighted by Crippen LogP contribution is 2.08. The molecule has 0 bridgehead atoms. The molecular formula is C9H17N5O2. The standard InChI is InChI=1S/C9H17N5O2/c1-2-11-8(9(10)16)7-6-14(13-12-7)4-3-5-15/h6,8,11,15H,2-5H2,1H3,(H2,10,16). The lowest BCUT2D eigenvalue weighted by atomic mass is 10.2. The Hall–Kier alpha value is -1.47. The summed E-state index contributed by atoms with van der Waals surface area (Å²) in [6.45, 7) is 3.17. The number of carbonyl (C=O) groups is 1. The molecule has 1 aromatic rings. The van der Waals surface area contributed by atoms with E-state index in [1.165, 1.54) is 0 Å². The van der Waals surface area contributed by atoms with Crippen LogP contribution in [0.25, 0.3) is 0 Å². The molecule has 0 radical (unpaired) electrons. The summed E-state index contributed by atoms with van der Waals surface area (Å²) in [5.41, 5.74) is 5.75. The molecule has 0 spiro atoms. The third-order valence-corrected chi connectivity index (χ3v) is 2.09. The summed E-state index contributed by atoms with van der Waals surface area (Å²) < 4.78 is 1.58. The number of aryl methyl sites for hydroxylation is 1. The van der Waals surface area contributed by atoms with Crippen molar-refractivity contribution in [2.24, 2.45) is 5.73 Å². The van der Waals surface area contributed by atoms with Gasteiger partial charge in [-0.05, 0) is 13.0 Å². The van der Waals surface area contributed by atoms with Gasteiger partial charge in [0.15, 0.2) is 0 Å². The zero-order valence-electron chi connectivity index (χ0n) is 9.26. The van der Waals surface area contributed by atoms with Gasteiger partial charge in [0.1, 0.15) is 11.7 Å². The first-order chi connectivity index (χ1) is 7.69. The lowest BCUT2D eigenvalue weighted by Gasteiger charge is -2.09. The summed E-state index contributed by atoms with van der Waals surface area (Å²) in [5.74, 6) is -0.476. The van der Waals surface area contributed by atoms with Crippen LogP contribution in [0.2, 0.25) is 0 Å². The number of nitrogens with one attached hydrogen (secondary N) is 1. The van der Waals surface area contributed by atoms with Crippen LogP contribution in [0, 0.1) is 0 Å². The molecule has 0 aromatic carbocycles. The molecule has 7 heteroatoms. The van der Waals surface area contributed by atoms with Crippen LogP contribution in [0.1, 0.15) is 25.1 Å². The van der Waals surface area contributed by atoms with Crippen molar-refractivity contribution in [2.45, 2.75) is 25.9 Å². The molecule has 1 heterocycles. The Labute approximate surface area is 93.6 Å². The Bertz CT molecular complexity index is 338. The van der Waals surface area contributed by atoms with Gasteiger partial charge in [-0.25, -0.2) is 0 Å². The van der Waals surface area contributed by atoms with E-state index in [9.17, 15) is 4.79 Å². The molecule has 0 aliphatic rings. The minimum absolute atomic E-state index is 0.0989. The highest BCUT2D eigenvalue weighted by molar-refractivity contribution is 5.80. The van der Waals surface area contributed by atoms with Gasteiger partial charge in [0.25, 0.3) is 0 Å². The van der Waals surface area contributed by atoms with Crippen molar-refractivity contribution in [2.75, 3.05) is 13.2 Å². The molecule has 1 atom stereocenters. The van der Waals surface area contributed by atoms with Crippen LogP contribution in [0.15, 0.2) is 6.20 Å². The fourth-order valence-electron chi connectivity index (χ4n) is 1.34. The fraction of sp³-hybridized carbons (Fsp3) is 0.667. The number of rotatable bonds is 7. The topological polar surface area (TPSA) is 106 Å². The summed E-state index contributed by atoms with van der Waals surface area (Å²) in [6, 6.07) is -0.604. The van der Waals surface area contributed by atoms with Crippen molar-refractivity contribution in [1.29, 1.82) is 0 Å². The largest absolute Gasteiger partial charge is 0.396 e. The molecule has 0 fully saturated rings. The van der Waals surface area contributed by atoms with Gasteiger partial charge in [0.05, 0.1) is 6.20 Å². The van der Waals surface area contributed by atoms with Crippen LogP contribution >= 0.6 is 0 Å². The van der Waals surface area contributed by atoms with Crippen LogP contribution in [0.3, 0.4) is 0 Å². The third-order valence-electron chi connectivity index (χ3n) is 2.09. The molecule has 16 heavy (non-hydrogen) atoms. The fourth-order valence-corrected chi connectivity index (χ4v) is 1.34. The maximum atomic E-state index is 11.2. The van der Waals surface area contributed by atoms with Gasteiger partial charge >= 0.3 is 0 Å². The van der Waals surface area contributed by atoms with Gasteiger partial charge in [0.2, 0.25) is 5.91 Å². The van der Waals surface area contributed by atoms with Gasteiger partial charge < -0.3 is 16.2 Å². The van der Waals surface area contributed by atoms with Crippen LogP contribution in [-0.4, -0.2) is 39.2 Å². The van der Waals surface area contributed by atoms with Crippen LogP contribution < -0.4 is 11.1 Å². The number of nitrogens with zero attached hydrogens (tertiary/aromatic N) is 3. The second-order valence-electron chi connectivity index (χ2n) is 3.38. The minimum Gasteiger partial charge on any atom is -0.396 e. The molecule has 0 aliphatic heterocycles. The number of aromatic nitrogens is 3. The van der Waals surface area contributed by atoms with Crippen molar-refractivity contribution in [3.8, 4) is 0 Å². The second kappa shape index (κ2) is 6.19. The van der Waals surface area contributed by atoms with E-state index in [4.69, 9.17) is 10.8 Å². The van der Waals surface area contributed by atoms with E-state index >= 15 is 0 Å². The van der Waals surface area contributed by atoms with E-state index in [2.05, 4.69) is 15.6 Å². The first-order valence-electron chi connectivity index (χ1n) is 5.22. The van der Waals surface area contributed by atoms with E-state index in [1.807, 2.05) is 6.92 Å². The predicted molar refractivity (Wildman–Crippen MR) is 57.3 cm³/mol. The SMILES string of the molecule is CCNC(C(N)=O)c1cn(CCCO)nn1. The summed E-state index contributed by atoms with van der Waals surface area (Å²) in [6.07, 6.45) is 2.26. The monoisotopic (exact) mass is 227 g/mol. The zero-order valence-corrected chi connectivity index (χ0v) is 9.26. The van der Waals surface area contributed by atoms with Gasteiger partial charge in [-0.2, -0.15) is 0 Å². The number of aliphatic hydroxyl groups excluding tert-OH is 1. The molecular weight excluding hydrogens is 210 g/mol. The van der Waals surface area contributed by atoms with Crippen molar-refractivity contribution in [3.05, 3.63) is 11.9 Å². The van der Waals surface area contributed by atoms with E-state index in [0.717, 1.165) is 0 Å². The number of likely N-dealkylation sites (N-methyl/N-ethyl adjacent to an activating group) is 1. The molecule has 1 unspecified atom stereocenters. The Balaban J connectivity index is 2.69. The first-order valence-corrected chi connectivity index (χ1v) is 5.22. The number of hydrogen-bond donors (Lipinski definition) is 3. The van der Waals surface area contributed by atoms with Gasteiger partial charge in [-0.1, -0.05) is 12.1 Å². The third kappa shape index (κ3) is 3.28. The molecule has 7 nitrogen and oxygen atoms in total. The molecule has 1 amide bonds. The predicted octanol–water partition coefficient (Wildman–Crippen LogP) is -1.20. The quantitative estimate of drug-likeness (QED) is 0.542. The lowest BCUT2D eigenvalue weighted by molar-refractivity contribution is -0.120. The summed E-state index contributed by atoms with van der Waals surface area (Å²) in [7, 11) is 0. The molecule has 1 aromatic heterocycles. The molecule has 90 valence electrons. The van der Waals surface area contributed by atoms with E-state index in [-0.39, 0.29) is 6.61 Å². The summed E-state index contributed by atoms with van der Waals surface area (Å²) in [4.78, 5) is 11.2. The Morgan fingerprint density at radius 3 is 3.06 bits per heavy atom. The van der Waals surface area contributed by atoms with Crippen molar-refractivity contribution >= 4 is 5.91 Å². The number of hydrogen-bond acceptors (Lipinski definition) is 5. The molecule has 4 N–H and O–H groups in total. The van der Waals surface area contributed by atoms with Crippen molar-refractivity contribution < 1.29 is 9.90 Å². The zero-order chi connectivity index (χ0) is 12.0. The average Bonchev–Trinajstić information content (AvgIpc) is 2.70. The number of aliphatic hydroxyl groups is 1. The van der Waals surface area contributed by atoms with Crippen molar-refractivity contribution in [1.82, 2.24) is 20.3 Å². The Morgan fingerprint density at radius 2 is 2.50 bits per heavy atom. The number of carbonyl (C=O) groups excluding carboxylic acids is 1. The lowest BCUT2D eigenvalue weighted by Crippen LogP contribution is -2.33. The number of amides is 1. The maximum Gasteiger partial charge on any atom is 0.240 e. The molecule has 0 aliphatic carbocycles. The van der Waals surface area contributed by atoms with Gasteiger partial charge in [-0.15, -0.1) is 5.10 Å². The van der Waals surface area contributed by atoms with E-state index < -0.39 is 11.9 Å². The van der Waals surface area contributed by atoms with Crippen LogP contribution in [0.5, 0.6) is 0 Å². The smallest absolute Gasteiger partial charge is 0.240 e. The van der Waals surface area contributed by atoms with Crippen molar-refractivity contribution in [3.63, 3.8) is 0 Å². The summed E-state index contributed by atoms with van der Waals surface area (Å²) in [5, 5.41) is 19.3. The molecule has 1 rings (SSSR count). The Kier molecular flexibility index (Phi) is 4.87. The van der Waals surface area contributed by atoms with Crippen LogP contribution in [-0.2, 0) is 11.3 Å². The maximum absolute atomic E-state index is 11.2. The minimum atomic E-state index is -0.604. The number of primary amides is 1. The van der Waals surface area contributed by atoms with Crippen LogP contribution in [0.4, 0.5) is 0 Å². The second-order valence-corrected chi connectivity index (χ2v) is 3.38. The highest BCUT2D eigenvalue weighted by Gasteiger charge is 2.19. The first kappa shape index (κ1) is 12.6. The van der Waals surface area contributed by atoms with Gasteiger partial charge in [0, 0.05) is 13.2 Å². The molecule has 0 saturated heterocycles. The summed E-state index contributed by atoms with van der Waals surface area (Å²) >= 11 is 0.